The van der Waals surface area contributed by atoms with Gasteiger partial charge in [0.15, 0.2) is 0 Å². The molecule has 2 N–H and O–H groups in total. The monoisotopic (exact) mass is 330 g/mol. The van der Waals surface area contributed by atoms with Crippen LogP contribution in [-0.4, -0.2) is 22.5 Å². The molecule has 0 aliphatic carbocycles. The van der Waals surface area contributed by atoms with Gasteiger partial charge in [0.1, 0.15) is 5.69 Å². The Morgan fingerprint density at radius 2 is 2.11 bits per heavy atom. The van der Waals surface area contributed by atoms with Crippen LogP contribution in [0.2, 0.25) is 0 Å². The number of benzene rings is 1. The van der Waals surface area contributed by atoms with E-state index in [4.69, 9.17) is 5.11 Å². The minimum absolute atomic E-state index is 0.0359. The number of unbranched alkanes of at least 4 members (excludes halogenated alkanes) is 2. The third kappa shape index (κ3) is 5.69. The van der Waals surface area contributed by atoms with E-state index in [0.29, 0.717) is 18.7 Å². The summed E-state index contributed by atoms with van der Waals surface area (Å²) in [6.07, 6.45) is 2.34. The molecule has 0 aromatic heterocycles. The lowest BCUT2D eigenvalue weighted by Gasteiger charge is -2.07. The van der Waals surface area contributed by atoms with Gasteiger partial charge in [0.25, 0.3) is 5.69 Å². The maximum Gasteiger partial charge on any atom is 0.303 e. The summed E-state index contributed by atoms with van der Waals surface area (Å²) in [6, 6.07) is 4.72. The van der Waals surface area contributed by atoms with Gasteiger partial charge >= 0.3 is 5.97 Å². The Bertz CT molecular complexity index is 465. The first-order chi connectivity index (χ1) is 9.00. The van der Waals surface area contributed by atoms with E-state index >= 15 is 0 Å². The van der Waals surface area contributed by atoms with Crippen LogP contribution in [0, 0.1) is 10.1 Å². The van der Waals surface area contributed by atoms with E-state index in [1.807, 2.05) is 0 Å². The number of nitro groups is 1. The fourth-order valence-electron chi connectivity index (χ4n) is 1.61. The molecule has 0 unspecified atom stereocenters. The number of halogens is 1. The highest BCUT2D eigenvalue weighted by Crippen LogP contribution is 2.27. The third-order valence-corrected chi connectivity index (χ3v) is 3.03. The lowest BCUT2D eigenvalue weighted by Crippen LogP contribution is -2.04. The Balaban J connectivity index is 2.42. The molecule has 1 aromatic carbocycles. The quantitative estimate of drug-likeness (QED) is 0.433. The minimum atomic E-state index is -0.796. The van der Waals surface area contributed by atoms with Crippen LogP contribution in [0.25, 0.3) is 0 Å². The van der Waals surface area contributed by atoms with Gasteiger partial charge in [-0.25, -0.2) is 0 Å². The summed E-state index contributed by atoms with van der Waals surface area (Å²) in [7, 11) is 0. The Hall–Kier alpha value is -1.63. The number of hydrogen-bond acceptors (Lipinski definition) is 4. The van der Waals surface area contributed by atoms with Crippen LogP contribution in [0.4, 0.5) is 11.4 Å². The molecule has 0 aliphatic rings. The van der Waals surface area contributed by atoms with Crippen molar-refractivity contribution in [2.24, 2.45) is 0 Å². The average molecular weight is 331 g/mol. The first kappa shape index (κ1) is 15.4. The summed E-state index contributed by atoms with van der Waals surface area (Å²) in [5.74, 6) is -0.796. The summed E-state index contributed by atoms with van der Waals surface area (Å²) in [6.45, 7) is 0.580. The van der Waals surface area contributed by atoms with E-state index in [2.05, 4.69) is 21.2 Å². The number of aliphatic carboxylic acids is 1. The maximum absolute atomic E-state index is 10.8. The molecule has 6 nitrogen and oxygen atoms in total. The molecule has 0 saturated heterocycles. The topological polar surface area (TPSA) is 92.5 Å². The first-order valence-electron chi connectivity index (χ1n) is 5.90. The molecule has 0 aliphatic heterocycles. The first-order valence-corrected chi connectivity index (χ1v) is 6.69. The highest BCUT2D eigenvalue weighted by molar-refractivity contribution is 9.10. The second-order valence-corrected chi connectivity index (χ2v) is 4.97. The van der Waals surface area contributed by atoms with Crippen molar-refractivity contribution in [1.82, 2.24) is 0 Å². The molecular formula is C12H15BrN2O4. The Labute approximate surface area is 119 Å². The van der Waals surface area contributed by atoms with Crippen molar-refractivity contribution in [2.45, 2.75) is 25.7 Å². The zero-order chi connectivity index (χ0) is 14.3. The standard InChI is InChI=1S/C12H15BrN2O4/c13-9-5-6-11(15(18)19)10(8-9)14-7-3-1-2-4-12(16)17/h5-6,8,14H,1-4,7H2,(H,16,17). The highest BCUT2D eigenvalue weighted by atomic mass is 79.9. The van der Waals surface area contributed by atoms with E-state index in [0.717, 1.165) is 17.3 Å². The van der Waals surface area contributed by atoms with Crippen LogP contribution in [0.1, 0.15) is 25.7 Å². The molecule has 7 heteroatoms. The summed E-state index contributed by atoms with van der Waals surface area (Å²) in [5.41, 5.74) is 0.506. The normalized spacial score (nSPS) is 10.2. The summed E-state index contributed by atoms with van der Waals surface area (Å²) >= 11 is 3.27. The van der Waals surface area contributed by atoms with E-state index in [-0.39, 0.29) is 12.1 Å². The van der Waals surface area contributed by atoms with Crippen molar-refractivity contribution in [2.75, 3.05) is 11.9 Å². The van der Waals surface area contributed by atoms with E-state index < -0.39 is 10.9 Å². The number of carboxylic acids is 1. The number of rotatable bonds is 8. The van der Waals surface area contributed by atoms with Crippen molar-refractivity contribution in [3.63, 3.8) is 0 Å². The van der Waals surface area contributed by atoms with Crippen LogP contribution < -0.4 is 5.32 Å². The van der Waals surface area contributed by atoms with Crippen molar-refractivity contribution >= 4 is 33.3 Å². The average Bonchev–Trinajstić information content (AvgIpc) is 2.33. The van der Waals surface area contributed by atoms with Crippen LogP contribution in [-0.2, 0) is 4.79 Å². The molecule has 1 rings (SSSR count). The second-order valence-electron chi connectivity index (χ2n) is 4.05. The molecule has 0 heterocycles. The van der Waals surface area contributed by atoms with Crippen molar-refractivity contribution < 1.29 is 14.8 Å². The number of carboxylic acid groups (broad SMARTS) is 1. The third-order valence-electron chi connectivity index (χ3n) is 2.54. The van der Waals surface area contributed by atoms with E-state index in [9.17, 15) is 14.9 Å². The fraction of sp³-hybridized carbons (Fsp3) is 0.417. The molecule has 0 amide bonds. The molecule has 0 spiro atoms. The van der Waals surface area contributed by atoms with E-state index in [1.54, 1.807) is 12.1 Å². The molecule has 1 aromatic rings. The highest BCUT2D eigenvalue weighted by Gasteiger charge is 2.12. The van der Waals surface area contributed by atoms with Gasteiger partial charge in [-0.1, -0.05) is 22.4 Å². The number of anilines is 1. The SMILES string of the molecule is O=C(O)CCCCCNc1cc(Br)ccc1[N+](=O)[O-]. The lowest BCUT2D eigenvalue weighted by molar-refractivity contribution is -0.384. The van der Waals surface area contributed by atoms with Gasteiger partial charge < -0.3 is 10.4 Å². The van der Waals surface area contributed by atoms with E-state index in [1.165, 1.54) is 6.07 Å². The number of nitrogens with one attached hydrogen (secondary N) is 1. The van der Waals surface area contributed by atoms with Gasteiger partial charge in [-0.15, -0.1) is 0 Å². The second kappa shape index (κ2) is 7.73. The molecule has 0 fully saturated rings. The number of nitro benzene ring substituents is 1. The van der Waals surface area contributed by atoms with Gasteiger partial charge in [-0.3, -0.25) is 14.9 Å². The van der Waals surface area contributed by atoms with Gasteiger partial charge in [-0.2, -0.15) is 0 Å². The smallest absolute Gasteiger partial charge is 0.303 e. The lowest BCUT2D eigenvalue weighted by atomic mass is 10.2. The number of nitrogens with zero attached hydrogens (tertiary/aromatic N) is 1. The van der Waals surface area contributed by atoms with Crippen molar-refractivity contribution in [1.29, 1.82) is 0 Å². The predicted molar refractivity (Wildman–Crippen MR) is 75.4 cm³/mol. The van der Waals surface area contributed by atoms with Crippen LogP contribution in [0.15, 0.2) is 22.7 Å². The predicted octanol–water partition coefficient (Wildman–Crippen LogP) is 3.41. The molecule has 0 atom stereocenters. The summed E-state index contributed by atoms with van der Waals surface area (Å²) in [5, 5.41) is 22.3. The van der Waals surface area contributed by atoms with Crippen molar-refractivity contribution in [3.8, 4) is 0 Å². The minimum Gasteiger partial charge on any atom is -0.481 e. The van der Waals surface area contributed by atoms with Gasteiger partial charge in [0, 0.05) is 23.5 Å². The Morgan fingerprint density at radius 3 is 2.74 bits per heavy atom. The van der Waals surface area contributed by atoms with Crippen molar-refractivity contribution in [3.05, 3.63) is 32.8 Å². The summed E-state index contributed by atoms with van der Waals surface area (Å²) < 4.78 is 0.770. The molecule has 19 heavy (non-hydrogen) atoms. The van der Waals surface area contributed by atoms with Crippen LogP contribution in [0.3, 0.4) is 0 Å². The largest absolute Gasteiger partial charge is 0.481 e. The fourth-order valence-corrected chi connectivity index (χ4v) is 1.97. The zero-order valence-corrected chi connectivity index (χ0v) is 11.9. The Morgan fingerprint density at radius 1 is 1.37 bits per heavy atom. The van der Waals surface area contributed by atoms with Gasteiger partial charge in [0.2, 0.25) is 0 Å². The van der Waals surface area contributed by atoms with Crippen LogP contribution >= 0.6 is 15.9 Å². The van der Waals surface area contributed by atoms with Crippen LogP contribution in [0.5, 0.6) is 0 Å². The number of hydrogen-bond donors (Lipinski definition) is 2. The molecular weight excluding hydrogens is 316 g/mol. The molecule has 104 valence electrons. The molecule has 0 saturated carbocycles. The maximum atomic E-state index is 10.8. The van der Waals surface area contributed by atoms with Gasteiger partial charge in [0.05, 0.1) is 4.92 Å². The molecule has 0 bridgehead atoms. The number of carbonyl (C=O) groups is 1. The zero-order valence-electron chi connectivity index (χ0n) is 10.3. The Kier molecular flexibility index (Phi) is 6.27. The molecule has 0 radical (unpaired) electrons. The van der Waals surface area contributed by atoms with Gasteiger partial charge in [-0.05, 0) is 25.0 Å². The summed E-state index contributed by atoms with van der Waals surface area (Å²) in [4.78, 5) is 20.7.